The van der Waals surface area contributed by atoms with Gasteiger partial charge in [-0.05, 0) is 24.3 Å². The first kappa shape index (κ1) is 22.3. The van der Waals surface area contributed by atoms with Crippen LogP contribution in [-0.4, -0.2) is 73.6 Å². The molecule has 0 radical (unpaired) electrons. The van der Waals surface area contributed by atoms with Crippen molar-refractivity contribution in [1.82, 2.24) is 24.3 Å². The molecular weight excluding hydrogens is 444 g/mol. The summed E-state index contributed by atoms with van der Waals surface area (Å²) < 4.78 is 58.6. The molecule has 4 heterocycles. The van der Waals surface area contributed by atoms with Crippen LogP contribution in [-0.2, 0) is 14.8 Å². The molecule has 3 aromatic rings. The molecule has 1 aliphatic heterocycles. The van der Waals surface area contributed by atoms with E-state index in [1.165, 1.54) is 16.6 Å². The standard InChI is InChI=1S/C19H23F2N7O3S/c1-22-16-7-12(15-10-23-17-4-3-14(19(20)21)26-28(15)17)8-18(25-16)27-5-6-31-13(11-27)9-24-32(2,29)30/h3-4,7-8,10,13,19,24H,5-6,9,11H2,1-2H3,(H,22,25)/t13-/m1/s1. The number of nitrogens with zero attached hydrogens (tertiary/aromatic N) is 5. The van der Waals surface area contributed by atoms with Gasteiger partial charge in [-0.15, -0.1) is 0 Å². The summed E-state index contributed by atoms with van der Waals surface area (Å²) in [7, 11) is -1.60. The lowest BCUT2D eigenvalue weighted by Gasteiger charge is -2.34. The number of fused-ring (bicyclic) bond motifs is 1. The average molecular weight is 468 g/mol. The van der Waals surface area contributed by atoms with E-state index >= 15 is 0 Å². The normalized spacial score (nSPS) is 17.3. The van der Waals surface area contributed by atoms with Crippen LogP contribution in [0, 0.1) is 0 Å². The molecule has 4 rings (SSSR count). The van der Waals surface area contributed by atoms with Crippen molar-refractivity contribution in [3.63, 3.8) is 0 Å². The number of hydrogen-bond donors (Lipinski definition) is 2. The lowest BCUT2D eigenvalue weighted by atomic mass is 10.1. The number of sulfonamides is 1. The third-order valence-electron chi connectivity index (χ3n) is 5.01. The third-order valence-corrected chi connectivity index (χ3v) is 5.70. The van der Waals surface area contributed by atoms with Gasteiger partial charge in [-0.2, -0.15) is 5.10 Å². The van der Waals surface area contributed by atoms with E-state index in [0.717, 1.165) is 6.26 Å². The Balaban J connectivity index is 1.66. The van der Waals surface area contributed by atoms with Crippen molar-refractivity contribution in [2.75, 3.05) is 49.8 Å². The Kier molecular flexibility index (Phi) is 6.22. The van der Waals surface area contributed by atoms with Crippen molar-refractivity contribution < 1.29 is 21.9 Å². The Morgan fingerprint density at radius 1 is 1.31 bits per heavy atom. The molecule has 0 saturated carbocycles. The predicted octanol–water partition coefficient (Wildman–Crippen LogP) is 1.52. The molecule has 0 spiro atoms. The van der Waals surface area contributed by atoms with Crippen LogP contribution in [0.15, 0.2) is 30.5 Å². The van der Waals surface area contributed by atoms with Crippen molar-refractivity contribution in [2.24, 2.45) is 0 Å². The number of halogens is 2. The summed E-state index contributed by atoms with van der Waals surface area (Å²) in [5.41, 5.74) is 1.36. The molecular formula is C19H23F2N7O3S. The first-order chi connectivity index (χ1) is 15.2. The SMILES string of the molecule is CNc1cc(-c2cnc3ccc(C(F)F)nn23)cc(N2CCO[C@H](CNS(C)(=O)=O)C2)n1. The van der Waals surface area contributed by atoms with Gasteiger partial charge >= 0.3 is 0 Å². The highest BCUT2D eigenvalue weighted by Crippen LogP contribution is 2.28. The summed E-state index contributed by atoms with van der Waals surface area (Å²) in [6.45, 7) is 1.56. The van der Waals surface area contributed by atoms with Gasteiger partial charge in [-0.3, -0.25) is 0 Å². The van der Waals surface area contributed by atoms with Gasteiger partial charge in [0, 0.05) is 32.2 Å². The van der Waals surface area contributed by atoms with Gasteiger partial charge in [0.05, 0.1) is 30.9 Å². The zero-order chi connectivity index (χ0) is 22.9. The summed E-state index contributed by atoms with van der Waals surface area (Å²) >= 11 is 0. The molecule has 0 aromatic carbocycles. The Hall–Kier alpha value is -2.90. The van der Waals surface area contributed by atoms with E-state index in [4.69, 9.17) is 4.74 Å². The van der Waals surface area contributed by atoms with Crippen LogP contribution in [0.25, 0.3) is 16.9 Å². The fourth-order valence-corrected chi connectivity index (χ4v) is 3.94. The lowest BCUT2D eigenvalue weighted by molar-refractivity contribution is 0.0440. The van der Waals surface area contributed by atoms with Gasteiger partial charge in [0.25, 0.3) is 6.43 Å². The zero-order valence-electron chi connectivity index (χ0n) is 17.5. The maximum Gasteiger partial charge on any atom is 0.282 e. The lowest BCUT2D eigenvalue weighted by Crippen LogP contribution is -2.47. The van der Waals surface area contributed by atoms with Crippen molar-refractivity contribution in [3.8, 4) is 11.3 Å². The van der Waals surface area contributed by atoms with E-state index in [0.29, 0.717) is 48.2 Å². The number of anilines is 2. The first-order valence-corrected chi connectivity index (χ1v) is 11.8. The van der Waals surface area contributed by atoms with Crippen molar-refractivity contribution in [3.05, 3.63) is 36.2 Å². The van der Waals surface area contributed by atoms with Crippen LogP contribution >= 0.6 is 0 Å². The minimum atomic E-state index is -3.33. The molecule has 1 saturated heterocycles. The fraction of sp³-hybridized carbons (Fsp3) is 0.421. The Bertz CT molecular complexity index is 1220. The van der Waals surface area contributed by atoms with Crippen molar-refractivity contribution in [1.29, 1.82) is 0 Å². The topological polar surface area (TPSA) is 114 Å². The summed E-state index contributed by atoms with van der Waals surface area (Å²) in [6, 6.07) is 6.37. The number of pyridine rings is 1. The number of rotatable bonds is 7. The second-order valence-electron chi connectivity index (χ2n) is 7.38. The summed E-state index contributed by atoms with van der Waals surface area (Å²) in [5.74, 6) is 1.22. The van der Waals surface area contributed by atoms with Crippen LogP contribution in [0.4, 0.5) is 20.4 Å². The van der Waals surface area contributed by atoms with Crippen LogP contribution in [0.5, 0.6) is 0 Å². The molecule has 1 atom stereocenters. The van der Waals surface area contributed by atoms with Gasteiger partial charge in [0.2, 0.25) is 10.0 Å². The molecule has 1 fully saturated rings. The summed E-state index contributed by atoms with van der Waals surface area (Å²) in [6.07, 6.45) is -0.357. The zero-order valence-corrected chi connectivity index (χ0v) is 18.3. The number of morpholine rings is 1. The second-order valence-corrected chi connectivity index (χ2v) is 9.21. The minimum Gasteiger partial charge on any atom is -0.373 e. The number of alkyl halides is 2. The smallest absolute Gasteiger partial charge is 0.282 e. The van der Waals surface area contributed by atoms with Gasteiger partial charge in [-0.1, -0.05) is 0 Å². The highest BCUT2D eigenvalue weighted by Gasteiger charge is 2.24. The number of aromatic nitrogens is 4. The Morgan fingerprint density at radius 2 is 2.12 bits per heavy atom. The molecule has 0 amide bonds. The molecule has 10 nitrogen and oxygen atoms in total. The van der Waals surface area contributed by atoms with Gasteiger partial charge in [0.1, 0.15) is 17.3 Å². The quantitative estimate of drug-likeness (QED) is 0.538. The van der Waals surface area contributed by atoms with Crippen molar-refractivity contribution in [2.45, 2.75) is 12.5 Å². The monoisotopic (exact) mass is 467 g/mol. The van der Waals surface area contributed by atoms with E-state index in [9.17, 15) is 17.2 Å². The Labute approximate surface area is 183 Å². The Morgan fingerprint density at radius 3 is 2.84 bits per heavy atom. The van der Waals surface area contributed by atoms with Gasteiger partial charge in [0.15, 0.2) is 5.65 Å². The molecule has 13 heteroatoms. The summed E-state index contributed by atoms with van der Waals surface area (Å²) in [5, 5.41) is 7.04. The molecule has 0 unspecified atom stereocenters. The first-order valence-electron chi connectivity index (χ1n) is 9.88. The molecule has 0 aliphatic carbocycles. The third kappa shape index (κ3) is 4.95. The van der Waals surface area contributed by atoms with Crippen LogP contribution in [0.3, 0.4) is 0 Å². The molecule has 3 aromatic heterocycles. The van der Waals surface area contributed by atoms with Crippen LogP contribution in [0.1, 0.15) is 12.1 Å². The largest absolute Gasteiger partial charge is 0.373 e. The van der Waals surface area contributed by atoms with E-state index < -0.39 is 16.4 Å². The second kappa shape index (κ2) is 8.92. The molecule has 32 heavy (non-hydrogen) atoms. The number of nitrogens with one attached hydrogen (secondary N) is 2. The minimum absolute atomic E-state index is 0.154. The number of ether oxygens (including phenoxy) is 1. The fourth-order valence-electron chi connectivity index (χ4n) is 3.45. The maximum atomic E-state index is 13.2. The van der Waals surface area contributed by atoms with Crippen LogP contribution in [0.2, 0.25) is 0 Å². The van der Waals surface area contributed by atoms with E-state index in [1.54, 1.807) is 19.3 Å². The number of hydrogen-bond acceptors (Lipinski definition) is 8. The average Bonchev–Trinajstić information content (AvgIpc) is 3.20. The number of imidazole rings is 1. The maximum absolute atomic E-state index is 13.2. The van der Waals surface area contributed by atoms with Gasteiger partial charge in [-0.25, -0.2) is 36.4 Å². The predicted molar refractivity (Wildman–Crippen MR) is 116 cm³/mol. The molecule has 1 aliphatic rings. The highest BCUT2D eigenvalue weighted by molar-refractivity contribution is 7.88. The molecule has 2 N–H and O–H groups in total. The summed E-state index contributed by atoms with van der Waals surface area (Å²) in [4.78, 5) is 10.9. The molecule has 0 bridgehead atoms. The van der Waals surface area contributed by atoms with Crippen molar-refractivity contribution >= 4 is 27.3 Å². The van der Waals surface area contributed by atoms with E-state index in [-0.39, 0.29) is 18.3 Å². The molecule has 172 valence electrons. The van der Waals surface area contributed by atoms with E-state index in [2.05, 4.69) is 25.1 Å². The van der Waals surface area contributed by atoms with Gasteiger partial charge < -0.3 is 15.0 Å². The van der Waals surface area contributed by atoms with Crippen LogP contribution < -0.4 is 14.9 Å². The highest BCUT2D eigenvalue weighted by atomic mass is 32.2. The van der Waals surface area contributed by atoms with E-state index in [1.807, 2.05) is 11.0 Å².